The van der Waals surface area contributed by atoms with E-state index in [0.717, 1.165) is 11.3 Å². The van der Waals surface area contributed by atoms with Gasteiger partial charge >= 0.3 is 0 Å². The van der Waals surface area contributed by atoms with Gasteiger partial charge in [-0.3, -0.25) is 0 Å². The Hall–Kier alpha value is -1.06. The Labute approximate surface area is 109 Å². The Morgan fingerprint density at radius 2 is 1.89 bits per heavy atom. The molecule has 1 aromatic rings. The third-order valence-corrected chi connectivity index (χ3v) is 3.01. The molecule has 0 bridgehead atoms. The first-order chi connectivity index (χ1) is 8.52. The number of rotatable bonds is 3. The third kappa shape index (κ3) is 2.85. The lowest BCUT2D eigenvalue weighted by Crippen LogP contribution is -2.14. The topological polar surface area (TPSA) is 27.7 Å². The molecule has 0 aliphatic carbocycles. The summed E-state index contributed by atoms with van der Waals surface area (Å²) in [5, 5.41) is 0. The van der Waals surface area contributed by atoms with Crippen LogP contribution in [0.4, 0.5) is 0 Å². The molecule has 1 fully saturated rings. The molecule has 0 N–H and O–H groups in total. The highest BCUT2D eigenvalue weighted by Crippen LogP contribution is 2.35. The van der Waals surface area contributed by atoms with Gasteiger partial charge in [0.25, 0.3) is 0 Å². The molecule has 100 valence electrons. The second kappa shape index (κ2) is 5.29. The lowest BCUT2D eigenvalue weighted by molar-refractivity contribution is -0.0442. The van der Waals surface area contributed by atoms with Crippen molar-refractivity contribution in [3.8, 4) is 5.75 Å². The van der Waals surface area contributed by atoms with Crippen molar-refractivity contribution in [2.24, 2.45) is 0 Å². The Balaban J connectivity index is 2.35. The van der Waals surface area contributed by atoms with Crippen LogP contribution in [0.1, 0.15) is 45.1 Å². The minimum Gasteiger partial charge on any atom is -0.494 e. The highest BCUT2D eigenvalue weighted by molar-refractivity contribution is 5.42. The van der Waals surface area contributed by atoms with Gasteiger partial charge in [-0.25, -0.2) is 0 Å². The van der Waals surface area contributed by atoms with Gasteiger partial charge in [-0.05, 0) is 30.0 Å². The summed E-state index contributed by atoms with van der Waals surface area (Å²) in [6.07, 6.45) is -0.221. The molecule has 1 heterocycles. The molecule has 18 heavy (non-hydrogen) atoms. The predicted molar refractivity (Wildman–Crippen MR) is 71.0 cm³/mol. The van der Waals surface area contributed by atoms with Gasteiger partial charge in [0.1, 0.15) is 5.75 Å². The normalized spacial score (nSPS) is 17.1. The number of hydrogen-bond donors (Lipinski definition) is 0. The van der Waals surface area contributed by atoms with Crippen molar-refractivity contribution in [3.05, 3.63) is 29.3 Å². The summed E-state index contributed by atoms with van der Waals surface area (Å²) >= 11 is 0. The van der Waals surface area contributed by atoms with Gasteiger partial charge in [0, 0.05) is 5.56 Å². The standard InChI is InChI=1S/C15H22O3/c1-5-16-13-7-6-11(14-17-8-9-18-14)10-12(13)15(2,3)4/h6-7,10,14H,5,8-9H2,1-4H3. The van der Waals surface area contributed by atoms with Crippen LogP contribution in [0, 0.1) is 0 Å². The minimum atomic E-state index is -0.221. The van der Waals surface area contributed by atoms with E-state index in [4.69, 9.17) is 14.2 Å². The van der Waals surface area contributed by atoms with Gasteiger partial charge in [-0.1, -0.05) is 26.8 Å². The Bertz CT molecular complexity index is 401. The maximum absolute atomic E-state index is 5.70. The first kappa shape index (κ1) is 13.4. The van der Waals surface area contributed by atoms with Gasteiger partial charge in [0.05, 0.1) is 19.8 Å². The van der Waals surface area contributed by atoms with Crippen LogP contribution in [0.25, 0.3) is 0 Å². The molecule has 1 aliphatic rings. The maximum Gasteiger partial charge on any atom is 0.184 e. The van der Waals surface area contributed by atoms with Crippen LogP contribution >= 0.6 is 0 Å². The van der Waals surface area contributed by atoms with Crippen molar-refractivity contribution in [2.45, 2.75) is 39.4 Å². The summed E-state index contributed by atoms with van der Waals surface area (Å²) in [7, 11) is 0. The summed E-state index contributed by atoms with van der Waals surface area (Å²) in [6, 6.07) is 6.18. The van der Waals surface area contributed by atoms with Crippen LogP contribution in [0.15, 0.2) is 18.2 Å². The fraction of sp³-hybridized carbons (Fsp3) is 0.600. The molecule has 0 atom stereocenters. The van der Waals surface area contributed by atoms with Crippen LogP contribution in [-0.4, -0.2) is 19.8 Å². The maximum atomic E-state index is 5.70. The number of benzene rings is 1. The van der Waals surface area contributed by atoms with Crippen molar-refractivity contribution in [1.82, 2.24) is 0 Å². The second-order valence-electron chi connectivity index (χ2n) is 5.51. The molecule has 1 saturated heterocycles. The Kier molecular flexibility index (Phi) is 3.93. The van der Waals surface area contributed by atoms with E-state index in [0.29, 0.717) is 19.8 Å². The Morgan fingerprint density at radius 3 is 2.44 bits per heavy atom. The highest BCUT2D eigenvalue weighted by Gasteiger charge is 2.24. The van der Waals surface area contributed by atoms with E-state index in [2.05, 4.69) is 26.8 Å². The molecule has 0 radical (unpaired) electrons. The average Bonchev–Trinajstić information content (AvgIpc) is 2.82. The zero-order chi connectivity index (χ0) is 13.2. The van der Waals surface area contributed by atoms with E-state index in [1.54, 1.807) is 0 Å². The fourth-order valence-electron chi connectivity index (χ4n) is 2.11. The molecule has 3 nitrogen and oxygen atoms in total. The first-order valence-electron chi connectivity index (χ1n) is 6.53. The molecule has 0 amide bonds. The molecule has 1 aliphatic heterocycles. The van der Waals surface area contributed by atoms with Crippen molar-refractivity contribution in [2.75, 3.05) is 19.8 Å². The monoisotopic (exact) mass is 250 g/mol. The molecule has 1 aromatic carbocycles. The number of ether oxygens (including phenoxy) is 3. The lowest BCUT2D eigenvalue weighted by atomic mass is 9.85. The third-order valence-electron chi connectivity index (χ3n) is 3.01. The molecule has 0 aromatic heterocycles. The van der Waals surface area contributed by atoms with Gasteiger partial charge in [-0.2, -0.15) is 0 Å². The molecule has 3 heteroatoms. The van der Waals surface area contributed by atoms with Crippen molar-refractivity contribution < 1.29 is 14.2 Å². The van der Waals surface area contributed by atoms with E-state index in [1.807, 2.05) is 19.1 Å². The van der Waals surface area contributed by atoms with Crippen LogP contribution in [-0.2, 0) is 14.9 Å². The predicted octanol–water partition coefficient (Wildman–Crippen LogP) is 3.43. The first-order valence-corrected chi connectivity index (χ1v) is 6.53. The fourth-order valence-corrected chi connectivity index (χ4v) is 2.11. The van der Waals surface area contributed by atoms with Gasteiger partial charge in [0.2, 0.25) is 0 Å². The summed E-state index contributed by atoms with van der Waals surface area (Å²) in [6.45, 7) is 10.6. The SMILES string of the molecule is CCOc1ccc(C2OCCO2)cc1C(C)(C)C. The van der Waals surface area contributed by atoms with Crippen molar-refractivity contribution >= 4 is 0 Å². The summed E-state index contributed by atoms with van der Waals surface area (Å²) in [5.41, 5.74) is 2.31. The smallest absolute Gasteiger partial charge is 0.184 e. The van der Waals surface area contributed by atoms with E-state index in [9.17, 15) is 0 Å². The van der Waals surface area contributed by atoms with Crippen LogP contribution in [0.2, 0.25) is 0 Å². The summed E-state index contributed by atoms with van der Waals surface area (Å²) < 4.78 is 16.8. The molecule has 2 rings (SSSR count). The zero-order valence-electron chi connectivity index (χ0n) is 11.7. The lowest BCUT2D eigenvalue weighted by Gasteiger charge is -2.24. The van der Waals surface area contributed by atoms with Crippen LogP contribution in [0.3, 0.4) is 0 Å². The largest absolute Gasteiger partial charge is 0.494 e. The average molecular weight is 250 g/mol. The minimum absolute atomic E-state index is 0.0408. The summed E-state index contributed by atoms with van der Waals surface area (Å²) in [5.74, 6) is 0.951. The zero-order valence-corrected chi connectivity index (χ0v) is 11.7. The second-order valence-corrected chi connectivity index (χ2v) is 5.51. The molecule has 0 unspecified atom stereocenters. The van der Waals surface area contributed by atoms with Gasteiger partial charge in [0.15, 0.2) is 6.29 Å². The van der Waals surface area contributed by atoms with E-state index >= 15 is 0 Å². The van der Waals surface area contributed by atoms with E-state index < -0.39 is 0 Å². The van der Waals surface area contributed by atoms with Gasteiger partial charge < -0.3 is 14.2 Å². The van der Waals surface area contributed by atoms with Crippen LogP contribution in [0.5, 0.6) is 5.75 Å². The molecule has 0 saturated carbocycles. The van der Waals surface area contributed by atoms with Crippen molar-refractivity contribution in [1.29, 1.82) is 0 Å². The molecule has 0 spiro atoms. The van der Waals surface area contributed by atoms with Gasteiger partial charge in [-0.15, -0.1) is 0 Å². The Morgan fingerprint density at radius 1 is 1.22 bits per heavy atom. The van der Waals surface area contributed by atoms with E-state index in [1.165, 1.54) is 5.56 Å². The molecular weight excluding hydrogens is 228 g/mol. The summed E-state index contributed by atoms with van der Waals surface area (Å²) in [4.78, 5) is 0. The molecular formula is C15H22O3. The van der Waals surface area contributed by atoms with E-state index in [-0.39, 0.29) is 11.7 Å². The number of hydrogen-bond acceptors (Lipinski definition) is 3. The highest BCUT2D eigenvalue weighted by atomic mass is 16.7. The van der Waals surface area contributed by atoms with Crippen LogP contribution < -0.4 is 4.74 Å². The quantitative estimate of drug-likeness (QED) is 0.822. The van der Waals surface area contributed by atoms with Crippen molar-refractivity contribution in [3.63, 3.8) is 0 Å².